The summed E-state index contributed by atoms with van der Waals surface area (Å²) in [6, 6.07) is 3.42. The molecule has 4 heterocycles. The SMILES string of the molecule is O=S(=O)(c1cccnc1N1CCC(Cn2ccnn2)CC1)N1CCCCC1. The first-order valence-electron chi connectivity index (χ1n) is 9.69. The topological polar surface area (TPSA) is 84.2 Å². The van der Waals surface area contributed by atoms with Gasteiger partial charge < -0.3 is 4.90 Å². The first-order valence-corrected chi connectivity index (χ1v) is 11.1. The predicted molar refractivity (Wildman–Crippen MR) is 102 cm³/mol. The molecule has 0 aromatic carbocycles. The normalized spacial score (nSPS) is 20.1. The zero-order valence-electron chi connectivity index (χ0n) is 15.4. The molecule has 0 saturated carbocycles. The largest absolute Gasteiger partial charge is 0.355 e. The van der Waals surface area contributed by atoms with Gasteiger partial charge in [0.15, 0.2) is 0 Å². The summed E-state index contributed by atoms with van der Waals surface area (Å²) < 4.78 is 29.8. The molecule has 0 atom stereocenters. The molecule has 0 spiro atoms. The van der Waals surface area contributed by atoms with Crippen LogP contribution in [0.5, 0.6) is 0 Å². The number of aromatic nitrogens is 4. The molecular weight excluding hydrogens is 364 g/mol. The van der Waals surface area contributed by atoms with E-state index in [1.165, 1.54) is 0 Å². The number of piperidine rings is 2. The highest BCUT2D eigenvalue weighted by Crippen LogP contribution is 2.30. The lowest BCUT2D eigenvalue weighted by atomic mass is 9.97. The van der Waals surface area contributed by atoms with E-state index in [2.05, 4.69) is 20.2 Å². The maximum atomic E-state index is 13.2. The Morgan fingerprint density at radius 3 is 2.52 bits per heavy atom. The molecule has 8 nitrogen and oxygen atoms in total. The van der Waals surface area contributed by atoms with Crippen LogP contribution < -0.4 is 4.90 Å². The highest BCUT2D eigenvalue weighted by atomic mass is 32.2. The van der Waals surface area contributed by atoms with Gasteiger partial charge in [0.2, 0.25) is 10.0 Å². The lowest BCUT2D eigenvalue weighted by Crippen LogP contribution is -2.39. The molecule has 2 fully saturated rings. The van der Waals surface area contributed by atoms with Gasteiger partial charge in [-0.3, -0.25) is 4.68 Å². The van der Waals surface area contributed by atoms with Crippen molar-refractivity contribution in [1.82, 2.24) is 24.3 Å². The van der Waals surface area contributed by atoms with E-state index < -0.39 is 10.0 Å². The lowest BCUT2D eigenvalue weighted by Gasteiger charge is -2.34. The Morgan fingerprint density at radius 2 is 1.81 bits per heavy atom. The first-order chi connectivity index (χ1) is 13.1. The fourth-order valence-electron chi connectivity index (χ4n) is 3.99. The highest BCUT2D eigenvalue weighted by Gasteiger charge is 2.31. The second-order valence-electron chi connectivity index (χ2n) is 7.35. The van der Waals surface area contributed by atoms with Crippen molar-refractivity contribution in [3.8, 4) is 0 Å². The van der Waals surface area contributed by atoms with Crippen LogP contribution in [0.2, 0.25) is 0 Å². The van der Waals surface area contributed by atoms with E-state index in [1.807, 2.05) is 10.9 Å². The number of pyridine rings is 1. The summed E-state index contributed by atoms with van der Waals surface area (Å²) in [5, 5.41) is 7.90. The second-order valence-corrected chi connectivity index (χ2v) is 9.25. The van der Waals surface area contributed by atoms with E-state index in [0.717, 1.165) is 51.7 Å². The van der Waals surface area contributed by atoms with Gasteiger partial charge in [-0.15, -0.1) is 5.10 Å². The molecule has 0 N–H and O–H groups in total. The number of nitrogens with zero attached hydrogens (tertiary/aromatic N) is 6. The fraction of sp³-hybridized carbons (Fsp3) is 0.611. The third-order valence-electron chi connectivity index (χ3n) is 5.51. The van der Waals surface area contributed by atoms with Gasteiger partial charge in [-0.25, -0.2) is 13.4 Å². The molecule has 2 aromatic heterocycles. The molecule has 0 unspecified atom stereocenters. The van der Waals surface area contributed by atoms with Gasteiger partial charge in [0, 0.05) is 45.1 Å². The van der Waals surface area contributed by atoms with Crippen molar-refractivity contribution >= 4 is 15.8 Å². The van der Waals surface area contributed by atoms with Gasteiger partial charge in [-0.1, -0.05) is 11.6 Å². The molecule has 4 rings (SSSR count). The van der Waals surface area contributed by atoms with Crippen molar-refractivity contribution in [2.24, 2.45) is 5.92 Å². The van der Waals surface area contributed by atoms with Gasteiger partial charge in [0.25, 0.3) is 0 Å². The average molecular weight is 391 g/mol. The molecule has 2 aliphatic heterocycles. The maximum absolute atomic E-state index is 13.2. The molecule has 9 heteroatoms. The number of sulfonamides is 1. The van der Waals surface area contributed by atoms with Crippen molar-refractivity contribution in [3.05, 3.63) is 30.7 Å². The molecule has 2 aromatic rings. The predicted octanol–water partition coefficient (Wildman–Crippen LogP) is 1.76. The molecule has 0 bridgehead atoms. The third kappa shape index (κ3) is 3.98. The molecule has 2 saturated heterocycles. The Hall–Kier alpha value is -2.00. The summed E-state index contributed by atoms with van der Waals surface area (Å²) in [4.78, 5) is 6.93. The molecule has 146 valence electrons. The third-order valence-corrected chi connectivity index (χ3v) is 7.43. The van der Waals surface area contributed by atoms with Crippen LogP contribution in [0.15, 0.2) is 35.6 Å². The van der Waals surface area contributed by atoms with Crippen LogP contribution in [0.3, 0.4) is 0 Å². The Morgan fingerprint density at radius 1 is 1.04 bits per heavy atom. The Bertz CT molecular complexity index is 840. The molecule has 0 radical (unpaired) electrons. The second kappa shape index (κ2) is 7.93. The van der Waals surface area contributed by atoms with E-state index in [0.29, 0.717) is 29.7 Å². The van der Waals surface area contributed by atoms with Gasteiger partial charge in [-0.2, -0.15) is 4.31 Å². The van der Waals surface area contributed by atoms with Crippen LogP contribution >= 0.6 is 0 Å². The molecule has 27 heavy (non-hydrogen) atoms. The minimum Gasteiger partial charge on any atom is -0.355 e. The average Bonchev–Trinajstić information content (AvgIpc) is 3.22. The van der Waals surface area contributed by atoms with E-state index >= 15 is 0 Å². The van der Waals surface area contributed by atoms with Gasteiger partial charge in [0.05, 0.1) is 6.20 Å². The van der Waals surface area contributed by atoms with E-state index in [-0.39, 0.29) is 0 Å². The highest BCUT2D eigenvalue weighted by molar-refractivity contribution is 7.89. The van der Waals surface area contributed by atoms with Crippen molar-refractivity contribution in [1.29, 1.82) is 0 Å². The Labute approximate surface area is 160 Å². The molecule has 0 aliphatic carbocycles. The summed E-state index contributed by atoms with van der Waals surface area (Å²) in [6.45, 7) is 3.68. The summed E-state index contributed by atoms with van der Waals surface area (Å²) in [5.41, 5.74) is 0. The Balaban J connectivity index is 1.48. The zero-order chi connectivity index (χ0) is 18.7. The van der Waals surface area contributed by atoms with E-state index in [9.17, 15) is 8.42 Å². The summed E-state index contributed by atoms with van der Waals surface area (Å²) in [6.07, 6.45) is 10.2. The van der Waals surface area contributed by atoms with Crippen LogP contribution in [0.4, 0.5) is 5.82 Å². The maximum Gasteiger partial charge on any atom is 0.246 e. The number of hydrogen-bond acceptors (Lipinski definition) is 6. The van der Waals surface area contributed by atoms with Crippen LogP contribution in [-0.4, -0.2) is 58.9 Å². The van der Waals surface area contributed by atoms with Crippen LogP contribution in [0.1, 0.15) is 32.1 Å². The monoisotopic (exact) mass is 390 g/mol. The molecular formula is C18H26N6O2S. The van der Waals surface area contributed by atoms with Crippen molar-refractivity contribution in [3.63, 3.8) is 0 Å². The van der Waals surface area contributed by atoms with Crippen LogP contribution in [0, 0.1) is 5.92 Å². The lowest BCUT2D eigenvalue weighted by molar-refractivity contribution is 0.336. The standard InChI is InChI=1S/C18H26N6O2S/c25-27(26,24-10-2-1-3-11-24)17-5-4-8-19-18(17)22-12-6-16(7-13-22)15-23-14-9-20-21-23/h4-5,8-9,14,16H,1-3,6-7,10-13,15H2. The van der Waals surface area contributed by atoms with Gasteiger partial charge in [0.1, 0.15) is 10.7 Å². The molecule has 2 aliphatic rings. The summed E-state index contributed by atoms with van der Waals surface area (Å²) in [7, 11) is -3.49. The minimum atomic E-state index is -3.49. The molecule has 0 amide bonds. The Kier molecular flexibility index (Phi) is 5.40. The van der Waals surface area contributed by atoms with Crippen molar-refractivity contribution < 1.29 is 8.42 Å². The minimum absolute atomic E-state index is 0.349. The number of rotatable bonds is 5. The fourth-order valence-corrected chi connectivity index (χ4v) is 5.67. The van der Waals surface area contributed by atoms with Crippen LogP contribution in [0.25, 0.3) is 0 Å². The first kappa shape index (κ1) is 18.4. The number of anilines is 1. The van der Waals surface area contributed by atoms with Gasteiger partial charge in [-0.05, 0) is 43.7 Å². The smallest absolute Gasteiger partial charge is 0.246 e. The summed E-state index contributed by atoms with van der Waals surface area (Å²) >= 11 is 0. The van der Waals surface area contributed by atoms with E-state index in [1.54, 1.807) is 28.8 Å². The number of hydrogen-bond donors (Lipinski definition) is 0. The van der Waals surface area contributed by atoms with Gasteiger partial charge >= 0.3 is 0 Å². The van der Waals surface area contributed by atoms with Crippen molar-refractivity contribution in [2.75, 3.05) is 31.1 Å². The van der Waals surface area contributed by atoms with Crippen LogP contribution in [-0.2, 0) is 16.6 Å². The summed E-state index contributed by atoms with van der Waals surface area (Å²) in [5.74, 6) is 1.12. The zero-order valence-corrected chi connectivity index (χ0v) is 16.3. The van der Waals surface area contributed by atoms with E-state index in [4.69, 9.17) is 0 Å². The quantitative estimate of drug-likeness (QED) is 0.774. The van der Waals surface area contributed by atoms with Crippen molar-refractivity contribution in [2.45, 2.75) is 43.5 Å².